The van der Waals surface area contributed by atoms with Crippen molar-refractivity contribution in [1.29, 1.82) is 0 Å². The van der Waals surface area contributed by atoms with E-state index in [-0.39, 0.29) is 72.5 Å². The molecule has 0 rings (SSSR count). The van der Waals surface area contributed by atoms with Crippen molar-refractivity contribution in [2.75, 3.05) is 0 Å². The van der Waals surface area contributed by atoms with Gasteiger partial charge in [0.25, 0.3) is 0 Å². The molecule has 0 saturated heterocycles. The Labute approximate surface area is 71.8 Å². The Balaban J connectivity index is 0. The fourth-order valence-corrected chi connectivity index (χ4v) is 0. The van der Waals surface area contributed by atoms with Crippen LogP contribution in [0.25, 0.3) is 0 Å². The van der Waals surface area contributed by atoms with E-state index in [1.807, 2.05) is 0 Å². The van der Waals surface area contributed by atoms with Crippen molar-refractivity contribution in [1.82, 2.24) is 0 Å². The Morgan fingerprint density at radius 1 is 0.750 bits per heavy atom. The summed E-state index contributed by atoms with van der Waals surface area (Å²) in [5, 5.41) is 0. The van der Waals surface area contributed by atoms with Gasteiger partial charge in [-0.2, -0.15) is 0 Å². The van der Waals surface area contributed by atoms with Gasteiger partial charge >= 0.3 is 0 Å². The molecule has 0 nitrogen and oxygen atoms in total. The van der Waals surface area contributed by atoms with Gasteiger partial charge in [0.2, 0.25) is 0 Å². The Morgan fingerprint density at radius 2 is 0.750 bits per heavy atom. The molecular weight excluding hydrogens is 244 g/mol. The van der Waals surface area contributed by atoms with E-state index >= 15 is 0 Å². The summed E-state index contributed by atoms with van der Waals surface area (Å²) in [5.41, 5.74) is 0. The quantitative estimate of drug-likeness (QED) is 0.526. The summed E-state index contributed by atoms with van der Waals surface area (Å²) in [5.74, 6) is 0. The van der Waals surface area contributed by atoms with Crippen LogP contribution in [0.5, 0.6) is 0 Å². The summed E-state index contributed by atoms with van der Waals surface area (Å²) in [6.07, 6.45) is 0. The van der Waals surface area contributed by atoms with Crippen molar-refractivity contribution >= 4 is 0 Å². The monoisotopic (exact) mass is 241 g/mol. The Bertz CT molecular complexity index is 6.00. The van der Waals surface area contributed by atoms with Crippen molar-refractivity contribution in [2.45, 2.75) is 0 Å². The van der Waals surface area contributed by atoms with Gasteiger partial charge in [0.05, 0.1) is 0 Å². The molecule has 21 valence electrons. The van der Waals surface area contributed by atoms with Crippen LogP contribution >= 0.6 is 0 Å². The zero-order valence-electron chi connectivity index (χ0n) is 2.11. The third-order valence-corrected chi connectivity index (χ3v) is 0. The van der Waals surface area contributed by atoms with Crippen LogP contribution in [-0.4, -0.2) is 0 Å². The number of hydrogen-bond donors (Lipinski definition) is 0. The summed E-state index contributed by atoms with van der Waals surface area (Å²) < 4.78 is 0. The SMILES string of the molecule is [Mn].[Ni].[Zn].[Zn]. The first-order valence-corrected chi connectivity index (χ1v) is 0. The normalized spacial score (nSPS) is 0. The minimum Gasteiger partial charge on any atom is 0 e. The molecule has 0 aromatic carbocycles. The minimum atomic E-state index is 0. The summed E-state index contributed by atoms with van der Waals surface area (Å²) in [6.45, 7) is 0. The summed E-state index contributed by atoms with van der Waals surface area (Å²) in [4.78, 5) is 0. The second-order valence-electron chi connectivity index (χ2n) is 0. The molecule has 0 aliphatic rings. The van der Waals surface area contributed by atoms with Gasteiger partial charge in [-0.05, 0) is 0 Å². The Morgan fingerprint density at radius 3 is 0.750 bits per heavy atom. The first-order valence-electron chi connectivity index (χ1n) is 0. The standard InChI is InChI=1S/Mn.Ni.2Zn. The van der Waals surface area contributed by atoms with Gasteiger partial charge in [0.1, 0.15) is 0 Å². The molecular formula is MnNiZn2. The van der Waals surface area contributed by atoms with Gasteiger partial charge in [-0.15, -0.1) is 0 Å². The van der Waals surface area contributed by atoms with Crippen LogP contribution in [0.1, 0.15) is 0 Å². The van der Waals surface area contributed by atoms with E-state index in [1.165, 1.54) is 0 Å². The van der Waals surface area contributed by atoms with Crippen LogP contribution in [0.4, 0.5) is 0 Å². The van der Waals surface area contributed by atoms with Crippen molar-refractivity contribution < 1.29 is 72.5 Å². The van der Waals surface area contributed by atoms with Crippen LogP contribution in [-0.2, 0) is 72.5 Å². The predicted octanol–water partition coefficient (Wildman–Crippen LogP) is -0.0100. The molecule has 0 heterocycles. The molecule has 0 aromatic heterocycles. The molecule has 4 heavy (non-hydrogen) atoms. The Kier molecular flexibility index (Phi) is 158. The first kappa shape index (κ1) is 33.9. The third-order valence-electron chi connectivity index (χ3n) is 0. The van der Waals surface area contributed by atoms with E-state index in [1.54, 1.807) is 0 Å². The maximum absolute atomic E-state index is 0. The molecule has 0 aliphatic heterocycles. The molecule has 0 bridgehead atoms. The van der Waals surface area contributed by atoms with E-state index < -0.39 is 0 Å². The zero-order valence-corrected chi connectivity index (χ0v) is 10.2. The zero-order chi connectivity index (χ0) is 0. The molecule has 0 atom stereocenters. The van der Waals surface area contributed by atoms with Gasteiger partial charge in [-0.25, -0.2) is 0 Å². The van der Waals surface area contributed by atoms with Gasteiger partial charge in [-0.1, -0.05) is 0 Å². The van der Waals surface area contributed by atoms with Crippen LogP contribution in [0.15, 0.2) is 0 Å². The predicted molar refractivity (Wildman–Crippen MR) is 0 cm³/mol. The molecule has 0 aliphatic carbocycles. The van der Waals surface area contributed by atoms with E-state index in [0.29, 0.717) is 0 Å². The maximum atomic E-state index is 0. The minimum absolute atomic E-state index is 0. The molecule has 1 radical (unpaired) electrons. The maximum Gasteiger partial charge on any atom is 0 e. The van der Waals surface area contributed by atoms with E-state index in [0.717, 1.165) is 0 Å². The molecule has 4 heteroatoms. The van der Waals surface area contributed by atoms with Crippen LogP contribution in [0.3, 0.4) is 0 Å². The van der Waals surface area contributed by atoms with E-state index in [9.17, 15) is 0 Å². The third kappa shape index (κ3) is 8.86. The number of hydrogen-bond acceptors (Lipinski definition) is 0. The second-order valence-corrected chi connectivity index (χ2v) is 0. The fraction of sp³-hybridized carbons (Fsp3) is 0. The smallest absolute Gasteiger partial charge is 0 e. The van der Waals surface area contributed by atoms with Crippen LogP contribution in [0, 0.1) is 0 Å². The first-order chi connectivity index (χ1) is 0. The summed E-state index contributed by atoms with van der Waals surface area (Å²) >= 11 is 0. The summed E-state index contributed by atoms with van der Waals surface area (Å²) in [7, 11) is 0. The van der Waals surface area contributed by atoms with Crippen molar-refractivity contribution in [3.63, 3.8) is 0 Å². The van der Waals surface area contributed by atoms with Gasteiger partial charge in [0.15, 0.2) is 0 Å². The number of rotatable bonds is 0. The molecule has 0 fully saturated rings. The summed E-state index contributed by atoms with van der Waals surface area (Å²) in [6, 6.07) is 0. The topological polar surface area (TPSA) is 0 Å². The fourth-order valence-electron chi connectivity index (χ4n) is 0. The van der Waals surface area contributed by atoms with Crippen molar-refractivity contribution in [3.05, 3.63) is 0 Å². The molecule has 0 N–H and O–H groups in total. The molecule has 0 aromatic rings. The molecule has 0 saturated carbocycles. The second kappa shape index (κ2) is 18.7. The molecule has 0 spiro atoms. The van der Waals surface area contributed by atoms with Gasteiger partial charge in [0, 0.05) is 72.5 Å². The van der Waals surface area contributed by atoms with E-state index in [4.69, 9.17) is 0 Å². The largest absolute Gasteiger partial charge is 0 e. The van der Waals surface area contributed by atoms with E-state index in [2.05, 4.69) is 0 Å². The Hall–Kier alpha value is 2.26. The van der Waals surface area contributed by atoms with Crippen molar-refractivity contribution in [2.24, 2.45) is 0 Å². The van der Waals surface area contributed by atoms with Crippen LogP contribution < -0.4 is 0 Å². The van der Waals surface area contributed by atoms with Crippen LogP contribution in [0.2, 0.25) is 0 Å². The average molecular weight is 244 g/mol. The van der Waals surface area contributed by atoms with Crippen molar-refractivity contribution in [3.8, 4) is 0 Å². The van der Waals surface area contributed by atoms with Gasteiger partial charge < -0.3 is 0 Å². The van der Waals surface area contributed by atoms with Gasteiger partial charge in [-0.3, -0.25) is 0 Å². The molecule has 0 amide bonds. The molecule has 0 unspecified atom stereocenters. The average Bonchev–Trinajstić information content (AvgIpc) is 0.